The van der Waals surface area contributed by atoms with Crippen LogP contribution in [0, 0.1) is 0 Å². The third kappa shape index (κ3) is 4.41. The van der Waals surface area contributed by atoms with Crippen molar-refractivity contribution in [3.63, 3.8) is 0 Å². The van der Waals surface area contributed by atoms with E-state index in [1.165, 1.54) is 11.1 Å². The first-order chi connectivity index (χ1) is 10.6. The Morgan fingerprint density at radius 2 is 1.68 bits per heavy atom. The number of aliphatic hydroxyl groups excluding tert-OH is 1. The molecule has 0 aliphatic heterocycles. The van der Waals surface area contributed by atoms with Gasteiger partial charge in [0, 0.05) is 18.6 Å². The summed E-state index contributed by atoms with van der Waals surface area (Å²) in [6.07, 6.45) is 0. The lowest BCUT2D eigenvalue weighted by molar-refractivity contribution is 0.279. The molecule has 2 unspecified atom stereocenters. The maximum Gasteiger partial charge on any atom is 0.0681 e. The quantitative estimate of drug-likeness (QED) is 0.824. The minimum absolute atomic E-state index is 0.0882. The summed E-state index contributed by atoms with van der Waals surface area (Å²) < 4.78 is 0. The van der Waals surface area contributed by atoms with Crippen molar-refractivity contribution in [3.05, 3.63) is 71.3 Å². The largest absolute Gasteiger partial charge is 0.392 e. The Bertz CT molecular complexity index is 569. The van der Waals surface area contributed by atoms with Crippen LogP contribution in [-0.2, 0) is 6.61 Å². The zero-order chi connectivity index (χ0) is 15.9. The van der Waals surface area contributed by atoms with Crippen molar-refractivity contribution >= 4 is 0 Å². The maximum atomic E-state index is 9.26. The van der Waals surface area contributed by atoms with E-state index >= 15 is 0 Å². The highest BCUT2D eigenvalue weighted by Crippen LogP contribution is 2.19. The predicted molar refractivity (Wildman–Crippen MR) is 91.7 cm³/mol. The fraction of sp³-hybridized carbons (Fsp3) is 0.368. The van der Waals surface area contributed by atoms with Gasteiger partial charge in [0.05, 0.1) is 6.61 Å². The van der Waals surface area contributed by atoms with Gasteiger partial charge in [-0.25, -0.2) is 0 Å². The second-order valence-electron chi connectivity index (χ2n) is 5.92. The first kappa shape index (κ1) is 16.7. The van der Waals surface area contributed by atoms with Crippen molar-refractivity contribution < 1.29 is 5.11 Å². The second kappa shape index (κ2) is 8.08. The van der Waals surface area contributed by atoms with Gasteiger partial charge in [-0.1, -0.05) is 54.6 Å². The van der Waals surface area contributed by atoms with Crippen molar-refractivity contribution in [2.24, 2.45) is 0 Å². The molecule has 2 aromatic carbocycles. The van der Waals surface area contributed by atoms with Crippen molar-refractivity contribution in [1.82, 2.24) is 10.2 Å². The topological polar surface area (TPSA) is 35.5 Å². The highest BCUT2D eigenvalue weighted by Gasteiger charge is 2.15. The SMILES string of the molecule is CC(NCC(c1ccccc1)N(C)C)c1cccc(CO)c1. The van der Waals surface area contributed by atoms with E-state index in [-0.39, 0.29) is 12.6 Å². The van der Waals surface area contributed by atoms with Crippen LogP contribution in [0.25, 0.3) is 0 Å². The zero-order valence-corrected chi connectivity index (χ0v) is 13.7. The summed E-state index contributed by atoms with van der Waals surface area (Å²) in [5, 5.41) is 12.9. The summed E-state index contributed by atoms with van der Waals surface area (Å²) in [4.78, 5) is 2.24. The normalized spacial score (nSPS) is 14.0. The van der Waals surface area contributed by atoms with Crippen LogP contribution in [0.3, 0.4) is 0 Å². The Hall–Kier alpha value is -1.68. The van der Waals surface area contributed by atoms with Gasteiger partial charge in [0.25, 0.3) is 0 Å². The van der Waals surface area contributed by atoms with Crippen LogP contribution in [0.4, 0.5) is 0 Å². The monoisotopic (exact) mass is 298 g/mol. The van der Waals surface area contributed by atoms with E-state index in [1.54, 1.807) is 0 Å². The molecule has 0 bridgehead atoms. The van der Waals surface area contributed by atoms with E-state index < -0.39 is 0 Å². The highest BCUT2D eigenvalue weighted by molar-refractivity contribution is 5.25. The maximum absolute atomic E-state index is 9.26. The summed E-state index contributed by atoms with van der Waals surface area (Å²) in [6.45, 7) is 3.13. The first-order valence-electron chi connectivity index (χ1n) is 7.76. The molecule has 2 N–H and O–H groups in total. The molecule has 0 saturated heterocycles. The molecule has 2 rings (SSSR count). The van der Waals surface area contributed by atoms with Gasteiger partial charge in [-0.2, -0.15) is 0 Å². The lowest BCUT2D eigenvalue weighted by atomic mass is 10.0. The van der Waals surface area contributed by atoms with Crippen LogP contribution < -0.4 is 5.32 Å². The molecule has 0 aromatic heterocycles. The molecule has 2 atom stereocenters. The fourth-order valence-electron chi connectivity index (χ4n) is 2.64. The van der Waals surface area contributed by atoms with Crippen LogP contribution >= 0.6 is 0 Å². The average molecular weight is 298 g/mol. The summed E-state index contributed by atoms with van der Waals surface area (Å²) in [5.41, 5.74) is 3.48. The fourth-order valence-corrected chi connectivity index (χ4v) is 2.64. The number of likely N-dealkylation sites (N-methyl/N-ethyl adjacent to an activating group) is 1. The minimum Gasteiger partial charge on any atom is -0.392 e. The molecule has 0 amide bonds. The van der Waals surface area contributed by atoms with Gasteiger partial charge in [-0.3, -0.25) is 0 Å². The summed E-state index contributed by atoms with van der Waals surface area (Å²) >= 11 is 0. The molecule has 0 spiro atoms. The standard InChI is InChI=1S/C19H26N2O/c1-15(18-11-7-8-16(12-18)14-22)20-13-19(21(2)3)17-9-5-4-6-10-17/h4-12,15,19-20,22H,13-14H2,1-3H3. The van der Waals surface area contributed by atoms with Gasteiger partial charge in [-0.15, -0.1) is 0 Å². The van der Waals surface area contributed by atoms with E-state index in [4.69, 9.17) is 0 Å². The summed E-state index contributed by atoms with van der Waals surface area (Å²) in [5.74, 6) is 0. The number of nitrogens with one attached hydrogen (secondary N) is 1. The highest BCUT2D eigenvalue weighted by atomic mass is 16.3. The van der Waals surface area contributed by atoms with Gasteiger partial charge >= 0.3 is 0 Å². The molecule has 0 fully saturated rings. The van der Waals surface area contributed by atoms with Crippen molar-refractivity contribution in [1.29, 1.82) is 0 Å². The van der Waals surface area contributed by atoms with Crippen molar-refractivity contribution in [2.75, 3.05) is 20.6 Å². The average Bonchev–Trinajstić information content (AvgIpc) is 2.55. The van der Waals surface area contributed by atoms with E-state index in [9.17, 15) is 5.11 Å². The smallest absolute Gasteiger partial charge is 0.0681 e. The molecule has 2 aromatic rings. The van der Waals surface area contributed by atoms with Gasteiger partial charge in [0.2, 0.25) is 0 Å². The number of rotatable bonds is 7. The predicted octanol–water partition coefficient (Wildman–Crippen LogP) is 3.13. The van der Waals surface area contributed by atoms with Crippen LogP contribution in [0.1, 0.15) is 35.7 Å². The summed E-state index contributed by atoms with van der Waals surface area (Å²) in [6, 6.07) is 19.2. The lowest BCUT2D eigenvalue weighted by Crippen LogP contribution is -2.32. The molecule has 3 heteroatoms. The number of benzene rings is 2. The Morgan fingerprint density at radius 1 is 1.00 bits per heavy atom. The zero-order valence-electron chi connectivity index (χ0n) is 13.7. The van der Waals surface area contributed by atoms with Crippen LogP contribution in [-0.4, -0.2) is 30.6 Å². The minimum atomic E-state index is 0.0882. The van der Waals surface area contributed by atoms with Gasteiger partial charge in [-0.05, 0) is 37.7 Å². The molecule has 22 heavy (non-hydrogen) atoms. The molecule has 3 nitrogen and oxygen atoms in total. The third-order valence-electron chi connectivity index (χ3n) is 4.06. The van der Waals surface area contributed by atoms with Crippen LogP contribution in [0.15, 0.2) is 54.6 Å². The third-order valence-corrected chi connectivity index (χ3v) is 4.06. The Balaban J connectivity index is 2.03. The Morgan fingerprint density at radius 3 is 2.32 bits per heavy atom. The van der Waals surface area contributed by atoms with E-state index in [2.05, 4.69) is 67.6 Å². The Labute approximate surface area is 133 Å². The first-order valence-corrected chi connectivity index (χ1v) is 7.76. The van der Waals surface area contributed by atoms with Crippen LogP contribution in [0.2, 0.25) is 0 Å². The Kier molecular flexibility index (Phi) is 6.13. The second-order valence-corrected chi connectivity index (χ2v) is 5.92. The number of aliphatic hydroxyl groups is 1. The van der Waals surface area contributed by atoms with Crippen molar-refractivity contribution in [2.45, 2.75) is 25.6 Å². The lowest BCUT2D eigenvalue weighted by Gasteiger charge is -2.27. The summed E-state index contributed by atoms with van der Waals surface area (Å²) in [7, 11) is 4.22. The molecule has 0 saturated carbocycles. The van der Waals surface area contributed by atoms with Gasteiger partial charge in [0.15, 0.2) is 0 Å². The molecule has 0 radical (unpaired) electrons. The molecule has 0 aliphatic rings. The number of hydrogen-bond acceptors (Lipinski definition) is 3. The molecule has 118 valence electrons. The molecular formula is C19H26N2O. The van der Waals surface area contributed by atoms with E-state index in [1.807, 2.05) is 18.2 Å². The van der Waals surface area contributed by atoms with E-state index in [0.29, 0.717) is 6.04 Å². The van der Waals surface area contributed by atoms with Gasteiger partial charge < -0.3 is 15.3 Å². The molecule has 0 heterocycles. The van der Waals surface area contributed by atoms with Crippen LogP contribution in [0.5, 0.6) is 0 Å². The van der Waals surface area contributed by atoms with E-state index in [0.717, 1.165) is 12.1 Å². The molecular weight excluding hydrogens is 272 g/mol. The van der Waals surface area contributed by atoms with Crippen molar-refractivity contribution in [3.8, 4) is 0 Å². The van der Waals surface area contributed by atoms with Gasteiger partial charge in [0.1, 0.15) is 0 Å². The molecule has 0 aliphatic carbocycles. The number of hydrogen-bond donors (Lipinski definition) is 2. The number of nitrogens with zero attached hydrogens (tertiary/aromatic N) is 1.